The van der Waals surface area contributed by atoms with Crippen LogP contribution in [-0.2, 0) is 4.84 Å². The van der Waals surface area contributed by atoms with Crippen molar-refractivity contribution in [3.63, 3.8) is 0 Å². The smallest absolute Gasteiger partial charge is 0.357 e. The Bertz CT molecular complexity index is 474. The second kappa shape index (κ2) is 3.47. The Morgan fingerprint density at radius 1 is 1.07 bits per heavy atom. The molecule has 0 radical (unpaired) electrons. The highest BCUT2D eigenvalue weighted by Gasteiger charge is 2.08. The molecule has 2 N–H and O–H groups in total. The molecule has 0 amide bonds. The molecule has 0 saturated carbocycles. The largest absolute Gasteiger partial charge is 0.370 e. The number of carbonyl (C=O) groups excluding carboxylic acids is 1. The Balaban J connectivity index is 2.71. The van der Waals surface area contributed by atoms with E-state index in [4.69, 9.17) is 5.90 Å². The third kappa shape index (κ3) is 1.34. The molecule has 0 atom stereocenters. The third-order valence-electron chi connectivity index (χ3n) is 2.12. The van der Waals surface area contributed by atoms with Gasteiger partial charge in [0.15, 0.2) is 0 Å². The lowest BCUT2D eigenvalue weighted by molar-refractivity contribution is 0.0506. The molecule has 0 bridgehead atoms. The van der Waals surface area contributed by atoms with E-state index in [1.807, 2.05) is 30.3 Å². The van der Waals surface area contributed by atoms with Crippen LogP contribution in [0.15, 0.2) is 42.5 Å². The van der Waals surface area contributed by atoms with Crippen LogP contribution < -0.4 is 5.90 Å². The van der Waals surface area contributed by atoms with Crippen LogP contribution in [-0.4, -0.2) is 5.97 Å². The lowest BCUT2D eigenvalue weighted by atomic mass is 10.1. The lowest BCUT2D eigenvalue weighted by Crippen LogP contribution is -2.10. The van der Waals surface area contributed by atoms with Crippen LogP contribution >= 0.6 is 0 Å². The Morgan fingerprint density at radius 2 is 1.79 bits per heavy atom. The molecule has 2 rings (SSSR count). The molecule has 0 saturated heterocycles. The van der Waals surface area contributed by atoms with E-state index in [0.29, 0.717) is 5.56 Å². The van der Waals surface area contributed by atoms with Crippen LogP contribution in [0.1, 0.15) is 10.4 Å². The molecule has 3 nitrogen and oxygen atoms in total. The average Bonchev–Trinajstić information content (AvgIpc) is 2.27. The summed E-state index contributed by atoms with van der Waals surface area (Å²) in [4.78, 5) is 15.5. The summed E-state index contributed by atoms with van der Waals surface area (Å²) in [5, 5.41) is 1.85. The van der Waals surface area contributed by atoms with Crippen LogP contribution in [0.25, 0.3) is 10.8 Å². The predicted molar refractivity (Wildman–Crippen MR) is 53.6 cm³/mol. The summed E-state index contributed by atoms with van der Waals surface area (Å²) in [6.45, 7) is 0. The SMILES string of the molecule is NOC(=O)c1cccc2ccccc12. The maximum atomic E-state index is 11.3. The van der Waals surface area contributed by atoms with Gasteiger partial charge in [0.25, 0.3) is 0 Å². The molecular formula is C11H9NO2. The van der Waals surface area contributed by atoms with E-state index in [9.17, 15) is 4.79 Å². The number of hydrogen-bond acceptors (Lipinski definition) is 3. The zero-order valence-corrected chi connectivity index (χ0v) is 7.44. The van der Waals surface area contributed by atoms with Crippen molar-refractivity contribution < 1.29 is 9.63 Å². The molecule has 2 aromatic carbocycles. The molecule has 0 unspecified atom stereocenters. The molecule has 3 heteroatoms. The number of benzene rings is 2. The van der Waals surface area contributed by atoms with Crippen LogP contribution in [0.3, 0.4) is 0 Å². The second-order valence-electron chi connectivity index (χ2n) is 2.93. The first-order valence-electron chi connectivity index (χ1n) is 4.22. The van der Waals surface area contributed by atoms with Crippen molar-refractivity contribution in [2.45, 2.75) is 0 Å². The molecular weight excluding hydrogens is 178 g/mol. The summed E-state index contributed by atoms with van der Waals surface area (Å²) in [5.41, 5.74) is 0.491. The Hall–Kier alpha value is -1.87. The average molecular weight is 187 g/mol. The highest BCUT2D eigenvalue weighted by atomic mass is 16.7. The van der Waals surface area contributed by atoms with Crippen molar-refractivity contribution >= 4 is 16.7 Å². The van der Waals surface area contributed by atoms with Gasteiger partial charge in [0.1, 0.15) is 0 Å². The third-order valence-corrected chi connectivity index (χ3v) is 2.12. The fourth-order valence-electron chi connectivity index (χ4n) is 1.47. The highest BCUT2D eigenvalue weighted by Crippen LogP contribution is 2.18. The maximum Gasteiger partial charge on any atom is 0.357 e. The number of nitrogens with two attached hydrogens (primary N) is 1. The fraction of sp³-hybridized carbons (Fsp3) is 0. The van der Waals surface area contributed by atoms with Gasteiger partial charge in [-0.3, -0.25) is 0 Å². The van der Waals surface area contributed by atoms with Gasteiger partial charge < -0.3 is 4.84 Å². The molecule has 0 aliphatic carbocycles. The van der Waals surface area contributed by atoms with Gasteiger partial charge in [0.2, 0.25) is 0 Å². The molecule has 70 valence electrons. The van der Waals surface area contributed by atoms with Crippen molar-refractivity contribution in [1.82, 2.24) is 0 Å². The summed E-state index contributed by atoms with van der Waals surface area (Å²) >= 11 is 0. The van der Waals surface area contributed by atoms with Gasteiger partial charge in [0, 0.05) is 0 Å². The van der Waals surface area contributed by atoms with Crippen molar-refractivity contribution in [3.8, 4) is 0 Å². The first-order valence-corrected chi connectivity index (χ1v) is 4.22. The number of fused-ring (bicyclic) bond motifs is 1. The summed E-state index contributed by atoms with van der Waals surface area (Å²) in [7, 11) is 0. The summed E-state index contributed by atoms with van der Waals surface area (Å²) in [6.07, 6.45) is 0. The molecule has 0 spiro atoms. The highest BCUT2D eigenvalue weighted by molar-refractivity contribution is 6.04. The van der Waals surface area contributed by atoms with Crippen LogP contribution in [0.4, 0.5) is 0 Å². The van der Waals surface area contributed by atoms with Gasteiger partial charge >= 0.3 is 5.97 Å². The predicted octanol–water partition coefficient (Wildman–Crippen LogP) is 1.87. The lowest BCUT2D eigenvalue weighted by Gasteiger charge is -2.02. The number of carbonyl (C=O) groups is 1. The minimum atomic E-state index is -0.512. The maximum absolute atomic E-state index is 11.3. The Morgan fingerprint density at radius 3 is 2.57 bits per heavy atom. The van der Waals surface area contributed by atoms with Crippen LogP contribution in [0, 0.1) is 0 Å². The van der Waals surface area contributed by atoms with Gasteiger partial charge in [-0.25, -0.2) is 4.79 Å². The van der Waals surface area contributed by atoms with E-state index >= 15 is 0 Å². The molecule has 0 aromatic heterocycles. The fourth-order valence-corrected chi connectivity index (χ4v) is 1.47. The number of hydrogen-bond donors (Lipinski definition) is 1. The van der Waals surface area contributed by atoms with Gasteiger partial charge in [-0.2, -0.15) is 5.90 Å². The first kappa shape index (κ1) is 8.72. The first-order chi connectivity index (χ1) is 6.83. The van der Waals surface area contributed by atoms with Gasteiger partial charge in [-0.1, -0.05) is 36.4 Å². The summed E-state index contributed by atoms with van der Waals surface area (Å²) in [6, 6.07) is 13.0. The van der Waals surface area contributed by atoms with E-state index in [1.54, 1.807) is 12.1 Å². The van der Waals surface area contributed by atoms with Crippen molar-refractivity contribution in [2.75, 3.05) is 0 Å². The Labute approximate surface area is 81.0 Å². The zero-order valence-electron chi connectivity index (χ0n) is 7.44. The standard InChI is InChI=1S/C11H9NO2/c12-14-11(13)10-7-3-5-8-4-1-2-6-9(8)10/h1-7H,12H2. The topological polar surface area (TPSA) is 52.3 Å². The summed E-state index contributed by atoms with van der Waals surface area (Å²) < 4.78 is 0. The van der Waals surface area contributed by atoms with E-state index < -0.39 is 5.97 Å². The minimum absolute atomic E-state index is 0.491. The normalized spacial score (nSPS) is 10.1. The number of rotatable bonds is 1. The van der Waals surface area contributed by atoms with Crippen molar-refractivity contribution in [2.24, 2.45) is 5.90 Å². The van der Waals surface area contributed by atoms with E-state index in [2.05, 4.69) is 4.84 Å². The molecule has 0 aliphatic heterocycles. The Kier molecular flexibility index (Phi) is 2.16. The quantitative estimate of drug-likeness (QED) is 0.693. The minimum Gasteiger partial charge on any atom is -0.370 e. The van der Waals surface area contributed by atoms with Crippen LogP contribution in [0.5, 0.6) is 0 Å². The second-order valence-corrected chi connectivity index (χ2v) is 2.93. The van der Waals surface area contributed by atoms with Gasteiger partial charge in [-0.15, -0.1) is 0 Å². The molecule has 2 aromatic rings. The van der Waals surface area contributed by atoms with Crippen molar-refractivity contribution in [3.05, 3.63) is 48.0 Å². The van der Waals surface area contributed by atoms with Gasteiger partial charge in [-0.05, 0) is 16.8 Å². The van der Waals surface area contributed by atoms with Crippen molar-refractivity contribution in [1.29, 1.82) is 0 Å². The monoisotopic (exact) mass is 187 g/mol. The van der Waals surface area contributed by atoms with Crippen LogP contribution in [0.2, 0.25) is 0 Å². The van der Waals surface area contributed by atoms with E-state index in [0.717, 1.165) is 10.8 Å². The molecule has 0 aliphatic rings. The zero-order chi connectivity index (χ0) is 9.97. The molecule has 0 fully saturated rings. The molecule has 14 heavy (non-hydrogen) atoms. The van der Waals surface area contributed by atoms with E-state index in [1.165, 1.54) is 0 Å². The van der Waals surface area contributed by atoms with E-state index in [-0.39, 0.29) is 0 Å². The van der Waals surface area contributed by atoms with Gasteiger partial charge in [0.05, 0.1) is 5.56 Å². The molecule has 0 heterocycles. The summed E-state index contributed by atoms with van der Waals surface area (Å²) in [5.74, 6) is 4.33.